The highest BCUT2D eigenvalue weighted by atomic mass is 31.1. The number of hydrogen-bond acceptors (Lipinski definition) is 7. The Labute approximate surface area is 82.6 Å². The monoisotopic (exact) mass is 217 g/mol. The van der Waals surface area contributed by atoms with Crippen LogP contribution in [-0.4, -0.2) is 26.6 Å². The first kappa shape index (κ1) is 12.9. The van der Waals surface area contributed by atoms with Crippen LogP contribution < -0.4 is 10.6 Å². The van der Waals surface area contributed by atoms with Gasteiger partial charge in [-0.25, -0.2) is 0 Å². The van der Waals surface area contributed by atoms with E-state index in [1.807, 2.05) is 12.1 Å². The first-order chi connectivity index (χ1) is 6.81. The fourth-order valence-electron chi connectivity index (χ4n) is 0.448. The molecule has 0 radical (unpaired) electrons. The predicted octanol–water partition coefficient (Wildman–Crippen LogP) is -0.182. The third kappa shape index (κ3) is 9.01. The molecule has 0 aromatic rings. The van der Waals surface area contributed by atoms with Gasteiger partial charge in [0.05, 0.1) is 25.2 Å². The lowest BCUT2D eigenvalue weighted by molar-refractivity contribution is 0.206. The lowest BCUT2D eigenvalue weighted by atomic mass is 10.7. The third-order valence-corrected chi connectivity index (χ3v) is 1.63. The van der Waals surface area contributed by atoms with Crippen LogP contribution in [0.25, 0.3) is 0 Å². The van der Waals surface area contributed by atoms with Crippen molar-refractivity contribution in [3.8, 4) is 12.1 Å². The zero-order valence-corrected chi connectivity index (χ0v) is 8.29. The summed E-state index contributed by atoms with van der Waals surface area (Å²) < 4.78 is 20.1. The zero-order chi connectivity index (χ0) is 10.6. The van der Waals surface area contributed by atoms with Crippen molar-refractivity contribution in [2.24, 2.45) is 0 Å². The summed E-state index contributed by atoms with van der Waals surface area (Å²) in [4.78, 5) is 0. The third-order valence-electron chi connectivity index (χ3n) is 0.952. The van der Waals surface area contributed by atoms with Crippen molar-refractivity contribution in [3.63, 3.8) is 0 Å². The smallest absolute Gasteiger partial charge is 0.278 e. The molecule has 0 aliphatic carbocycles. The van der Waals surface area contributed by atoms with Gasteiger partial charge >= 0.3 is 8.25 Å². The first-order valence-corrected chi connectivity index (χ1v) is 4.79. The van der Waals surface area contributed by atoms with Crippen molar-refractivity contribution in [2.75, 3.05) is 26.6 Å². The lowest BCUT2D eigenvalue weighted by Crippen LogP contribution is -2.18. The summed E-state index contributed by atoms with van der Waals surface area (Å²) in [6.07, 6.45) is 0. The van der Waals surface area contributed by atoms with Gasteiger partial charge in [-0.3, -0.25) is 10.6 Å². The Morgan fingerprint density at radius 3 is 1.86 bits per heavy atom. The minimum atomic E-state index is -2.21. The van der Waals surface area contributed by atoms with E-state index in [1.54, 1.807) is 0 Å². The van der Waals surface area contributed by atoms with Crippen molar-refractivity contribution in [2.45, 2.75) is 0 Å². The van der Waals surface area contributed by atoms with Gasteiger partial charge in [0.2, 0.25) is 0 Å². The predicted molar refractivity (Wildman–Crippen MR) is 46.7 cm³/mol. The van der Waals surface area contributed by atoms with Gasteiger partial charge in [0.1, 0.15) is 0 Å². The Hall–Kier alpha value is -1.08. The fraction of sp³-hybridized carbons (Fsp3) is 0.667. The summed E-state index contributed by atoms with van der Waals surface area (Å²) in [7, 11) is -2.21. The summed E-state index contributed by atoms with van der Waals surface area (Å²) >= 11 is 0. The van der Waals surface area contributed by atoms with Crippen molar-refractivity contribution < 1.29 is 13.6 Å². The van der Waals surface area contributed by atoms with Crippen LogP contribution in [0, 0.1) is 22.7 Å². The summed E-state index contributed by atoms with van der Waals surface area (Å²) in [5.41, 5.74) is 0. The highest BCUT2D eigenvalue weighted by Crippen LogP contribution is 2.21. The maximum Gasteiger partial charge on any atom is 0.700 e. The minimum absolute atomic E-state index is 0.0129. The van der Waals surface area contributed by atoms with E-state index in [0.29, 0.717) is 0 Å². The van der Waals surface area contributed by atoms with E-state index in [-0.39, 0.29) is 26.6 Å². The van der Waals surface area contributed by atoms with Crippen molar-refractivity contribution in [3.05, 3.63) is 0 Å². The molecule has 0 fully saturated rings. The Morgan fingerprint density at radius 1 is 1.07 bits per heavy atom. The minimum Gasteiger partial charge on any atom is -0.278 e. The van der Waals surface area contributed by atoms with E-state index in [2.05, 4.69) is 19.7 Å². The zero-order valence-electron chi connectivity index (χ0n) is 7.39. The van der Waals surface area contributed by atoms with Gasteiger partial charge in [0.25, 0.3) is 0 Å². The largest absolute Gasteiger partial charge is 0.700 e. The molecule has 0 spiro atoms. The number of nitrogens with one attached hydrogen (secondary N) is 2. The van der Waals surface area contributed by atoms with Gasteiger partial charge in [-0.15, -0.1) is 9.05 Å². The molecule has 0 rings (SSSR count). The van der Waals surface area contributed by atoms with Crippen LogP contribution in [0.4, 0.5) is 0 Å². The van der Waals surface area contributed by atoms with Crippen molar-refractivity contribution in [1.29, 1.82) is 10.5 Å². The SMILES string of the molecule is N#CCNCO[P+](=O)OCNCC#N. The Balaban J connectivity index is 3.21. The second-order valence-corrected chi connectivity index (χ2v) is 2.90. The van der Waals surface area contributed by atoms with E-state index in [0.717, 1.165) is 0 Å². The number of rotatable bonds is 8. The average molecular weight is 217 g/mol. The molecule has 0 saturated heterocycles. The summed E-state index contributed by atoms with van der Waals surface area (Å²) in [5, 5.41) is 21.3. The summed E-state index contributed by atoms with van der Waals surface area (Å²) in [6.45, 7) is 0.216. The Bertz CT molecular complexity index is 222. The van der Waals surface area contributed by atoms with Gasteiger partial charge in [-0.1, -0.05) is 0 Å². The second-order valence-electron chi connectivity index (χ2n) is 1.94. The molecule has 0 heterocycles. The normalized spacial score (nSPS) is 9.00. The highest BCUT2D eigenvalue weighted by Gasteiger charge is 2.18. The molecule has 2 N–H and O–H groups in total. The summed E-state index contributed by atoms with van der Waals surface area (Å²) in [5.74, 6) is 0. The van der Waals surface area contributed by atoms with Gasteiger partial charge in [0, 0.05) is 4.57 Å². The van der Waals surface area contributed by atoms with E-state index < -0.39 is 8.25 Å². The molecule has 0 bridgehead atoms. The Morgan fingerprint density at radius 2 is 1.50 bits per heavy atom. The van der Waals surface area contributed by atoms with E-state index >= 15 is 0 Å². The molecule has 0 atom stereocenters. The van der Waals surface area contributed by atoms with Crippen LogP contribution in [0.2, 0.25) is 0 Å². The van der Waals surface area contributed by atoms with E-state index in [1.165, 1.54) is 0 Å². The molecule has 0 unspecified atom stereocenters. The molecule has 0 aromatic heterocycles. The maximum atomic E-state index is 10.8. The maximum absolute atomic E-state index is 10.8. The molecule has 0 aromatic carbocycles. The van der Waals surface area contributed by atoms with Crippen LogP contribution in [0.1, 0.15) is 0 Å². The molecule has 7 nitrogen and oxygen atoms in total. The van der Waals surface area contributed by atoms with E-state index in [9.17, 15) is 4.57 Å². The molecule has 0 aliphatic heterocycles. The molecule has 0 amide bonds. The molecule has 14 heavy (non-hydrogen) atoms. The van der Waals surface area contributed by atoms with Crippen molar-refractivity contribution in [1.82, 2.24) is 10.6 Å². The van der Waals surface area contributed by atoms with Crippen LogP contribution in [0.5, 0.6) is 0 Å². The van der Waals surface area contributed by atoms with Crippen LogP contribution in [-0.2, 0) is 13.6 Å². The molecule has 0 saturated carbocycles. The van der Waals surface area contributed by atoms with Gasteiger partial charge < -0.3 is 0 Å². The van der Waals surface area contributed by atoms with Crippen LogP contribution in [0.15, 0.2) is 0 Å². The van der Waals surface area contributed by atoms with E-state index in [4.69, 9.17) is 10.5 Å². The lowest BCUT2D eigenvalue weighted by Gasteiger charge is -1.92. The molecular weight excluding hydrogens is 207 g/mol. The topological polar surface area (TPSA) is 107 Å². The number of nitrogens with zero attached hydrogens (tertiary/aromatic N) is 2. The van der Waals surface area contributed by atoms with Crippen LogP contribution in [0.3, 0.4) is 0 Å². The van der Waals surface area contributed by atoms with Gasteiger partial charge in [0.15, 0.2) is 13.5 Å². The molecular formula is C6H10N4O3P+. The average Bonchev–Trinajstić information content (AvgIpc) is 2.19. The molecule has 8 heteroatoms. The van der Waals surface area contributed by atoms with Gasteiger partial charge in [-0.2, -0.15) is 10.5 Å². The first-order valence-electron chi connectivity index (χ1n) is 3.69. The molecule has 0 aliphatic rings. The van der Waals surface area contributed by atoms with Gasteiger partial charge in [-0.05, 0) is 0 Å². The standard InChI is InChI=1S/C6H10N4O3P/c7-1-3-9-5-12-14(11)13-6-10-4-2-8/h9-10H,3-6H2/q+1. The quantitative estimate of drug-likeness (QED) is 0.251. The van der Waals surface area contributed by atoms with Crippen LogP contribution >= 0.6 is 8.25 Å². The second kappa shape index (κ2) is 10.0. The summed E-state index contributed by atoms with van der Waals surface area (Å²) in [6, 6.07) is 3.65. The fourth-order valence-corrected chi connectivity index (χ4v) is 0.916. The Kier molecular flexibility index (Phi) is 9.23. The molecule has 76 valence electrons. The van der Waals surface area contributed by atoms with Crippen molar-refractivity contribution >= 4 is 8.25 Å². The highest BCUT2D eigenvalue weighted by molar-refractivity contribution is 7.33. The number of nitriles is 2. The number of hydrogen-bond donors (Lipinski definition) is 2.